The van der Waals surface area contributed by atoms with Gasteiger partial charge in [-0.3, -0.25) is 4.79 Å². The second kappa shape index (κ2) is 9.19. The highest BCUT2D eigenvalue weighted by Gasteiger charge is 2.17. The molecule has 0 aliphatic heterocycles. The average molecular weight is 388 g/mol. The van der Waals surface area contributed by atoms with Crippen molar-refractivity contribution in [2.75, 3.05) is 5.32 Å². The van der Waals surface area contributed by atoms with Gasteiger partial charge in [0.1, 0.15) is 17.2 Å². The molecular formula is C23H24N4O2. The zero-order valence-corrected chi connectivity index (χ0v) is 16.2. The minimum atomic E-state index is -0.144. The second-order valence-electron chi connectivity index (χ2n) is 7.14. The van der Waals surface area contributed by atoms with Crippen LogP contribution in [0.1, 0.15) is 42.6 Å². The Balaban J connectivity index is 1.37. The van der Waals surface area contributed by atoms with Crippen molar-refractivity contribution < 1.29 is 9.53 Å². The van der Waals surface area contributed by atoms with E-state index in [1.165, 1.54) is 19.3 Å². The number of hydrogen-bond donors (Lipinski definition) is 2. The molecule has 1 aliphatic rings. The number of amides is 1. The van der Waals surface area contributed by atoms with Crippen LogP contribution in [-0.4, -0.2) is 21.9 Å². The molecule has 6 nitrogen and oxygen atoms in total. The van der Waals surface area contributed by atoms with Crippen LogP contribution in [0.25, 0.3) is 0 Å². The van der Waals surface area contributed by atoms with Crippen LogP contribution in [0.2, 0.25) is 0 Å². The van der Waals surface area contributed by atoms with Gasteiger partial charge in [0.05, 0.1) is 0 Å². The zero-order valence-electron chi connectivity index (χ0n) is 16.2. The van der Waals surface area contributed by atoms with Crippen molar-refractivity contribution in [3.05, 3.63) is 72.6 Å². The van der Waals surface area contributed by atoms with Gasteiger partial charge >= 0.3 is 0 Å². The fourth-order valence-corrected chi connectivity index (χ4v) is 3.41. The largest absolute Gasteiger partial charge is 0.457 e. The molecule has 0 bridgehead atoms. The number of nitrogens with one attached hydrogen (secondary N) is 2. The van der Waals surface area contributed by atoms with E-state index >= 15 is 0 Å². The van der Waals surface area contributed by atoms with E-state index in [0.717, 1.165) is 30.0 Å². The van der Waals surface area contributed by atoms with Gasteiger partial charge < -0.3 is 15.4 Å². The zero-order chi connectivity index (χ0) is 19.9. The second-order valence-corrected chi connectivity index (χ2v) is 7.14. The fourth-order valence-electron chi connectivity index (χ4n) is 3.41. The highest BCUT2D eigenvalue weighted by Crippen LogP contribution is 2.23. The Kier molecular flexibility index (Phi) is 6.00. The number of hydrogen-bond acceptors (Lipinski definition) is 5. The maximum Gasteiger partial charge on any atom is 0.270 e. The van der Waals surface area contributed by atoms with Gasteiger partial charge in [0.25, 0.3) is 5.91 Å². The predicted octanol–water partition coefficient (Wildman–Crippen LogP) is 5.08. The molecule has 1 heterocycles. The molecule has 1 saturated carbocycles. The summed E-state index contributed by atoms with van der Waals surface area (Å²) in [7, 11) is 0. The van der Waals surface area contributed by atoms with Crippen molar-refractivity contribution in [2.24, 2.45) is 0 Å². The summed E-state index contributed by atoms with van der Waals surface area (Å²) in [6.07, 6.45) is 7.27. The Labute approximate surface area is 170 Å². The van der Waals surface area contributed by atoms with Gasteiger partial charge in [0.15, 0.2) is 0 Å². The fraction of sp³-hybridized carbons (Fsp3) is 0.261. The molecule has 1 amide bonds. The van der Waals surface area contributed by atoms with E-state index in [0.29, 0.717) is 11.6 Å². The van der Waals surface area contributed by atoms with Crippen molar-refractivity contribution in [1.29, 1.82) is 0 Å². The third kappa shape index (κ3) is 5.31. The summed E-state index contributed by atoms with van der Waals surface area (Å²) in [6, 6.07) is 19.0. The summed E-state index contributed by atoms with van der Waals surface area (Å²) in [5, 5.41) is 6.22. The monoisotopic (exact) mass is 388 g/mol. The Morgan fingerprint density at radius 2 is 1.62 bits per heavy atom. The molecule has 148 valence electrons. The number of benzene rings is 2. The van der Waals surface area contributed by atoms with Crippen LogP contribution in [0.15, 0.2) is 66.9 Å². The van der Waals surface area contributed by atoms with Gasteiger partial charge in [-0.2, -0.15) is 0 Å². The summed E-state index contributed by atoms with van der Waals surface area (Å²) in [6.45, 7) is 0. The number of rotatable bonds is 6. The molecule has 4 rings (SSSR count). The molecule has 0 radical (unpaired) electrons. The van der Waals surface area contributed by atoms with E-state index < -0.39 is 0 Å². The topological polar surface area (TPSA) is 76.1 Å². The van der Waals surface area contributed by atoms with Crippen molar-refractivity contribution >= 4 is 17.5 Å². The van der Waals surface area contributed by atoms with Crippen LogP contribution in [-0.2, 0) is 0 Å². The Bertz CT molecular complexity index is 939. The maximum atomic E-state index is 12.5. The summed E-state index contributed by atoms with van der Waals surface area (Å²) >= 11 is 0. The van der Waals surface area contributed by atoms with E-state index in [1.54, 1.807) is 12.3 Å². The first kappa shape index (κ1) is 18.9. The number of para-hydroxylation sites is 1. The minimum absolute atomic E-state index is 0.144. The number of carbonyl (C=O) groups is 1. The van der Waals surface area contributed by atoms with Gasteiger partial charge in [-0.15, -0.1) is 0 Å². The smallest absolute Gasteiger partial charge is 0.270 e. The van der Waals surface area contributed by atoms with E-state index in [1.807, 2.05) is 54.6 Å². The molecule has 2 N–H and O–H groups in total. The normalized spacial score (nSPS) is 14.2. The van der Waals surface area contributed by atoms with Gasteiger partial charge in [-0.25, -0.2) is 9.97 Å². The molecule has 0 saturated heterocycles. The lowest BCUT2D eigenvalue weighted by Gasteiger charge is -2.22. The van der Waals surface area contributed by atoms with Crippen molar-refractivity contribution in [1.82, 2.24) is 15.3 Å². The lowest BCUT2D eigenvalue weighted by molar-refractivity contribution is 0.0922. The third-order valence-corrected chi connectivity index (χ3v) is 4.92. The number of nitrogens with zero attached hydrogens (tertiary/aromatic N) is 2. The van der Waals surface area contributed by atoms with Gasteiger partial charge in [-0.1, -0.05) is 37.5 Å². The van der Waals surface area contributed by atoms with Crippen molar-refractivity contribution in [2.45, 2.75) is 38.1 Å². The number of anilines is 2. The molecular weight excluding hydrogens is 364 g/mol. The number of aromatic nitrogens is 2. The Morgan fingerprint density at radius 3 is 2.38 bits per heavy atom. The van der Waals surface area contributed by atoms with E-state index in [4.69, 9.17) is 4.74 Å². The average Bonchev–Trinajstić information content (AvgIpc) is 2.77. The molecule has 3 aromatic rings. The maximum absolute atomic E-state index is 12.5. The minimum Gasteiger partial charge on any atom is -0.457 e. The highest BCUT2D eigenvalue weighted by atomic mass is 16.5. The van der Waals surface area contributed by atoms with Crippen LogP contribution in [0.4, 0.5) is 11.6 Å². The molecule has 2 aromatic carbocycles. The van der Waals surface area contributed by atoms with Gasteiger partial charge in [-0.05, 0) is 55.3 Å². The third-order valence-electron chi connectivity index (χ3n) is 4.92. The summed E-state index contributed by atoms with van der Waals surface area (Å²) in [4.78, 5) is 21.1. The first-order chi connectivity index (χ1) is 14.3. The quantitative estimate of drug-likeness (QED) is 0.616. The van der Waals surface area contributed by atoms with Gasteiger partial charge in [0, 0.05) is 17.9 Å². The van der Waals surface area contributed by atoms with Crippen LogP contribution < -0.4 is 15.4 Å². The Hall–Kier alpha value is -3.41. The molecule has 1 aliphatic carbocycles. The molecule has 0 unspecified atom stereocenters. The molecule has 6 heteroatoms. The van der Waals surface area contributed by atoms with Gasteiger partial charge in [0.2, 0.25) is 5.95 Å². The standard InChI is InChI=1S/C23H24N4O2/c28-22(25-17-7-3-1-4-8-17)21-15-16-24-23(27-21)26-18-11-13-20(14-12-18)29-19-9-5-2-6-10-19/h2,5-6,9-17H,1,3-4,7-8H2,(H,25,28)(H,24,26,27). The predicted molar refractivity (Wildman–Crippen MR) is 113 cm³/mol. The molecule has 1 fully saturated rings. The lowest BCUT2D eigenvalue weighted by atomic mass is 9.95. The Morgan fingerprint density at radius 1 is 0.897 bits per heavy atom. The van der Waals surface area contributed by atoms with Crippen LogP contribution >= 0.6 is 0 Å². The molecule has 0 spiro atoms. The number of ether oxygens (including phenoxy) is 1. The molecule has 29 heavy (non-hydrogen) atoms. The van der Waals surface area contributed by atoms with E-state index in [2.05, 4.69) is 20.6 Å². The first-order valence-electron chi connectivity index (χ1n) is 10.0. The van der Waals surface area contributed by atoms with Crippen LogP contribution in [0, 0.1) is 0 Å². The summed E-state index contributed by atoms with van der Waals surface area (Å²) in [5.74, 6) is 1.77. The van der Waals surface area contributed by atoms with Crippen LogP contribution in [0.5, 0.6) is 11.5 Å². The SMILES string of the molecule is O=C(NC1CCCCC1)c1ccnc(Nc2ccc(Oc3ccccc3)cc2)n1. The molecule has 0 atom stereocenters. The summed E-state index contributed by atoms with van der Waals surface area (Å²) < 4.78 is 5.79. The van der Waals surface area contributed by atoms with E-state index in [9.17, 15) is 4.79 Å². The van der Waals surface area contributed by atoms with Crippen molar-refractivity contribution in [3.63, 3.8) is 0 Å². The van der Waals surface area contributed by atoms with Crippen molar-refractivity contribution in [3.8, 4) is 11.5 Å². The highest BCUT2D eigenvalue weighted by molar-refractivity contribution is 5.92. The van der Waals surface area contributed by atoms with Crippen LogP contribution in [0.3, 0.4) is 0 Å². The molecule has 1 aromatic heterocycles. The number of carbonyl (C=O) groups excluding carboxylic acids is 1. The summed E-state index contributed by atoms with van der Waals surface area (Å²) in [5.41, 5.74) is 1.19. The van der Waals surface area contributed by atoms with E-state index in [-0.39, 0.29) is 11.9 Å². The lowest BCUT2D eigenvalue weighted by Crippen LogP contribution is -2.36. The first-order valence-corrected chi connectivity index (χ1v) is 10.0.